The zero-order valence-corrected chi connectivity index (χ0v) is 11.9. The minimum absolute atomic E-state index is 0.0748. The van der Waals surface area contributed by atoms with E-state index in [1.54, 1.807) is 0 Å². The summed E-state index contributed by atoms with van der Waals surface area (Å²) >= 11 is 0. The van der Waals surface area contributed by atoms with Crippen LogP contribution in [0.4, 0.5) is 0 Å². The third kappa shape index (κ3) is 2.87. The molecule has 1 aliphatic rings. The topological polar surface area (TPSA) is 60.4 Å². The minimum Gasteiger partial charge on any atom is -0.459 e. The second-order valence-electron chi connectivity index (χ2n) is 5.70. The maximum atomic E-state index is 5.94. The highest BCUT2D eigenvalue weighted by Gasteiger charge is 2.22. The number of fused-ring (bicyclic) bond motifs is 1. The van der Waals surface area contributed by atoms with Crippen molar-refractivity contribution in [2.45, 2.75) is 32.2 Å². The van der Waals surface area contributed by atoms with E-state index in [-0.39, 0.29) is 6.04 Å². The van der Waals surface area contributed by atoms with Crippen molar-refractivity contribution < 1.29 is 9.15 Å². The molecule has 0 spiro atoms. The summed E-state index contributed by atoms with van der Waals surface area (Å²) in [4.78, 5) is 0. The summed E-state index contributed by atoms with van der Waals surface area (Å²) in [5, 5.41) is 1.15. The van der Waals surface area contributed by atoms with Crippen LogP contribution in [-0.2, 0) is 4.74 Å². The predicted octanol–water partition coefficient (Wildman–Crippen LogP) is 3.06. The first-order valence-corrected chi connectivity index (χ1v) is 7.30. The van der Waals surface area contributed by atoms with Crippen LogP contribution in [-0.4, -0.2) is 13.2 Å². The molecule has 2 heterocycles. The Morgan fingerprint density at radius 3 is 2.85 bits per heavy atom. The van der Waals surface area contributed by atoms with Crippen molar-refractivity contribution >= 4 is 11.0 Å². The number of hydrazine groups is 1. The zero-order valence-electron chi connectivity index (χ0n) is 11.9. The maximum Gasteiger partial charge on any atom is 0.134 e. The number of nitrogens with one attached hydrogen (secondary N) is 1. The Kier molecular flexibility index (Phi) is 4.05. The van der Waals surface area contributed by atoms with Crippen LogP contribution >= 0.6 is 0 Å². The van der Waals surface area contributed by atoms with Crippen molar-refractivity contribution in [3.63, 3.8) is 0 Å². The molecule has 1 aromatic heterocycles. The van der Waals surface area contributed by atoms with Crippen LogP contribution in [0.5, 0.6) is 0 Å². The number of nitrogens with two attached hydrogens (primary N) is 1. The van der Waals surface area contributed by atoms with E-state index in [1.807, 2.05) is 6.07 Å². The normalized spacial score (nSPS) is 18.5. The molecular weight excluding hydrogens is 252 g/mol. The van der Waals surface area contributed by atoms with E-state index in [4.69, 9.17) is 15.0 Å². The molecule has 1 aliphatic heterocycles. The summed E-state index contributed by atoms with van der Waals surface area (Å²) in [5.74, 6) is 7.32. The van der Waals surface area contributed by atoms with Crippen molar-refractivity contribution in [2.75, 3.05) is 13.2 Å². The van der Waals surface area contributed by atoms with Crippen molar-refractivity contribution in [1.29, 1.82) is 0 Å². The largest absolute Gasteiger partial charge is 0.459 e. The van der Waals surface area contributed by atoms with Gasteiger partial charge in [0.05, 0.1) is 6.04 Å². The van der Waals surface area contributed by atoms with E-state index in [1.165, 1.54) is 5.56 Å². The standard InChI is InChI=1S/C16H22N2O2/c1-11-2-3-15-13(8-11)10-16(20-15)14(18-17)9-12-4-6-19-7-5-12/h2-3,8,10,12,14,18H,4-7,9,17H2,1H3. The van der Waals surface area contributed by atoms with Crippen LogP contribution in [0.15, 0.2) is 28.7 Å². The second-order valence-corrected chi connectivity index (χ2v) is 5.70. The van der Waals surface area contributed by atoms with Gasteiger partial charge in [-0.3, -0.25) is 5.84 Å². The molecule has 20 heavy (non-hydrogen) atoms. The monoisotopic (exact) mass is 274 g/mol. The fraction of sp³-hybridized carbons (Fsp3) is 0.500. The highest BCUT2D eigenvalue weighted by Crippen LogP contribution is 2.30. The lowest BCUT2D eigenvalue weighted by Gasteiger charge is -2.25. The number of benzene rings is 1. The van der Waals surface area contributed by atoms with Gasteiger partial charge in [0.2, 0.25) is 0 Å². The Morgan fingerprint density at radius 2 is 2.10 bits per heavy atom. The van der Waals surface area contributed by atoms with E-state index in [9.17, 15) is 0 Å². The van der Waals surface area contributed by atoms with Gasteiger partial charge in [-0.15, -0.1) is 0 Å². The molecule has 1 saturated heterocycles. The molecule has 4 heteroatoms. The molecule has 0 aliphatic carbocycles. The predicted molar refractivity (Wildman–Crippen MR) is 79.2 cm³/mol. The van der Waals surface area contributed by atoms with Crippen LogP contribution in [0.25, 0.3) is 11.0 Å². The SMILES string of the molecule is Cc1ccc2oc(C(CC3CCOCC3)NN)cc2c1. The molecule has 1 fully saturated rings. The van der Waals surface area contributed by atoms with Crippen molar-refractivity contribution in [2.24, 2.45) is 11.8 Å². The first kappa shape index (κ1) is 13.6. The number of aryl methyl sites for hydroxylation is 1. The van der Waals surface area contributed by atoms with Crippen LogP contribution < -0.4 is 11.3 Å². The smallest absolute Gasteiger partial charge is 0.134 e. The fourth-order valence-corrected chi connectivity index (χ4v) is 2.94. The van der Waals surface area contributed by atoms with Gasteiger partial charge in [-0.25, -0.2) is 5.43 Å². The highest BCUT2D eigenvalue weighted by atomic mass is 16.5. The zero-order chi connectivity index (χ0) is 13.9. The summed E-state index contributed by atoms with van der Waals surface area (Å²) in [6, 6.07) is 8.41. The van der Waals surface area contributed by atoms with Crippen LogP contribution in [0.1, 0.15) is 36.6 Å². The molecule has 1 atom stereocenters. The average molecular weight is 274 g/mol. The number of rotatable bonds is 4. The molecule has 0 radical (unpaired) electrons. The van der Waals surface area contributed by atoms with E-state index >= 15 is 0 Å². The third-order valence-corrected chi connectivity index (χ3v) is 4.15. The molecular formula is C16H22N2O2. The average Bonchev–Trinajstić information content (AvgIpc) is 2.88. The van der Waals surface area contributed by atoms with Crippen LogP contribution in [0.3, 0.4) is 0 Å². The van der Waals surface area contributed by atoms with Gasteiger partial charge in [0.1, 0.15) is 11.3 Å². The molecule has 3 N–H and O–H groups in total. The fourth-order valence-electron chi connectivity index (χ4n) is 2.94. The van der Waals surface area contributed by atoms with E-state index in [0.717, 1.165) is 49.2 Å². The number of hydrogen-bond donors (Lipinski definition) is 2. The molecule has 0 bridgehead atoms. The minimum atomic E-state index is 0.0748. The lowest BCUT2D eigenvalue weighted by Crippen LogP contribution is -2.30. The summed E-state index contributed by atoms with van der Waals surface area (Å²) in [6.45, 7) is 3.81. The number of furan rings is 1. The number of hydrogen-bond acceptors (Lipinski definition) is 4. The lowest BCUT2D eigenvalue weighted by molar-refractivity contribution is 0.0597. The van der Waals surface area contributed by atoms with Gasteiger partial charge in [0, 0.05) is 18.6 Å². The highest BCUT2D eigenvalue weighted by molar-refractivity contribution is 5.78. The first-order valence-electron chi connectivity index (χ1n) is 7.30. The third-order valence-electron chi connectivity index (χ3n) is 4.15. The Morgan fingerprint density at radius 1 is 1.30 bits per heavy atom. The molecule has 1 aromatic carbocycles. The molecule has 108 valence electrons. The second kappa shape index (κ2) is 5.95. The van der Waals surface area contributed by atoms with Gasteiger partial charge in [0.25, 0.3) is 0 Å². The quantitative estimate of drug-likeness (QED) is 0.664. The van der Waals surface area contributed by atoms with E-state index < -0.39 is 0 Å². The van der Waals surface area contributed by atoms with Gasteiger partial charge in [-0.05, 0) is 50.3 Å². The van der Waals surface area contributed by atoms with Gasteiger partial charge in [-0.2, -0.15) is 0 Å². The summed E-state index contributed by atoms with van der Waals surface area (Å²) in [7, 11) is 0. The molecule has 3 rings (SSSR count). The van der Waals surface area contributed by atoms with Crippen LogP contribution in [0, 0.1) is 12.8 Å². The molecule has 2 aromatic rings. The van der Waals surface area contributed by atoms with Gasteiger partial charge in [0.15, 0.2) is 0 Å². The van der Waals surface area contributed by atoms with Crippen molar-refractivity contribution in [3.8, 4) is 0 Å². The maximum absolute atomic E-state index is 5.94. The van der Waals surface area contributed by atoms with Gasteiger partial charge in [-0.1, -0.05) is 11.6 Å². The molecule has 1 unspecified atom stereocenters. The van der Waals surface area contributed by atoms with Gasteiger partial charge < -0.3 is 9.15 Å². The van der Waals surface area contributed by atoms with E-state index in [0.29, 0.717) is 5.92 Å². The van der Waals surface area contributed by atoms with Crippen LogP contribution in [0.2, 0.25) is 0 Å². The lowest BCUT2D eigenvalue weighted by atomic mass is 9.92. The summed E-state index contributed by atoms with van der Waals surface area (Å²) in [5.41, 5.74) is 5.08. The number of ether oxygens (including phenoxy) is 1. The van der Waals surface area contributed by atoms with Crippen molar-refractivity contribution in [1.82, 2.24) is 5.43 Å². The Hall–Kier alpha value is -1.36. The summed E-state index contributed by atoms with van der Waals surface area (Å²) < 4.78 is 11.4. The molecule has 4 nitrogen and oxygen atoms in total. The van der Waals surface area contributed by atoms with Crippen molar-refractivity contribution in [3.05, 3.63) is 35.6 Å². The first-order chi connectivity index (χ1) is 9.76. The Labute approximate surface area is 119 Å². The van der Waals surface area contributed by atoms with Gasteiger partial charge >= 0.3 is 0 Å². The Balaban J connectivity index is 1.79. The summed E-state index contributed by atoms with van der Waals surface area (Å²) in [6.07, 6.45) is 3.22. The Bertz CT molecular complexity index is 573. The molecule has 0 amide bonds. The molecule has 0 saturated carbocycles. The van der Waals surface area contributed by atoms with E-state index in [2.05, 4.69) is 30.5 Å².